The first kappa shape index (κ1) is 13.2. The summed E-state index contributed by atoms with van der Waals surface area (Å²) in [6, 6.07) is -1.27. The van der Waals surface area contributed by atoms with Crippen LogP contribution in [0.3, 0.4) is 0 Å². The van der Waals surface area contributed by atoms with Gasteiger partial charge in [0.25, 0.3) is 0 Å². The SMILES string of the molecule is CC(O)C(NC(=O)CCn1ccnc1)C(=O)O. The van der Waals surface area contributed by atoms with Crippen molar-refractivity contribution >= 4 is 11.9 Å². The van der Waals surface area contributed by atoms with Crippen molar-refractivity contribution in [3.05, 3.63) is 18.7 Å². The van der Waals surface area contributed by atoms with Crippen molar-refractivity contribution in [2.24, 2.45) is 0 Å². The molecular formula is C10H15N3O4. The first-order valence-corrected chi connectivity index (χ1v) is 5.16. The van der Waals surface area contributed by atoms with Gasteiger partial charge >= 0.3 is 5.97 Å². The topological polar surface area (TPSA) is 104 Å². The summed E-state index contributed by atoms with van der Waals surface area (Å²) in [5, 5.41) is 20.2. The van der Waals surface area contributed by atoms with Gasteiger partial charge in [0, 0.05) is 25.4 Å². The first-order chi connectivity index (χ1) is 8.00. The summed E-state index contributed by atoms with van der Waals surface area (Å²) in [5.74, 6) is -1.68. The zero-order valence-corrected chi connectivity index (χ0v) is 9.41. The van der Waals surface area contributed by atoms with Gasteiger partial charge in [0.05, 0.1) is 12.4 Å². The van der Waals surface area contributed by atoms with E-state index in [9.17, 15) is 14.7 Å². The first-order valence-electron chi connectivity index (χ1n) is 5.16. The lowest BCUT2D eigenvalue weighted by atomic mass is 10.2. The number of aliphatic hydroxyl groups excluding tert-OH is 1. The number of nitrogens with one attached hydrogen (secondary N) is 1. The maximum Gasteiger partial charge on any atom is 0.328 e. The second-order valence-electron chi connectivity index (χ2n) is 3.67. The standard InChI is InChI=1S/C10H15N3O4/c1-7(14)9(10(16)17)12-8(15)2-4-13-5-3-11-6-13/h3,5-7,9,14H,2,4H2,1H3,(H,12,15)(H,16,17). The Kier molecular flexibility index (Phi) is 4.65. The highest BCUT2D eigenvalue weighted by Crippen LogP contribution is 1.96. The predicted octanol–water partition coefficient (Wildman–Crippen LogP) is -0.777. The third-order valence-corrected chi connectivity index (χ3v) is 2.22. The molecule has 1 heterocycles. The number of carbonyl (C=O) groups excluding carboxylic acids is 1. The van der Waals surface area contributed by atoms with E-state index in [-0.39, 0.29) is 6.42 Å². The van der Waals surface area contributed by atoms with Crippen molar-refractivity contribution in [3.63, 3.8) is 0 Å². The number of carboxylic acids is 1. The van der Waals surface area contributed by atoms with E-state index >= 15 is 0 Å². The van der Waals surface area contributed by atoms with Gasteiger partial charge in [0.15, 0.2) is 6.04 Å². The van der Waals surface area contributed by atoms with Crippen molar-refractivity contribution in [2.45, 2.75) is 32.0 Å². The molecule has 0 fully saturated rings. The minimum absolute atomic E-state index is 0.132. The van der Waals surface area contributed by atoms with Gasteiger partial charge in [-0.25, -0.2) is 9.78 Å². The summed E-state index contributed by atoms with van der Waals surface area (Å²) >= 11 is 0. The van der Waals surface area contributed by atoms with E-state index in [1.54, 1.807) is 23.3 Å². The normalized spacial score (nSPS) is 14.0. The lowest BCUT2D eigenvalue weighted by Crippen LogP contribution is -2.47. The van der Waals surface area contributed by atoms with Crippen LogP contribution in [0.5, 0.6) is 0 Å². The summed E-state index contributed by atoms with van der Waals surface area (Å²) in [7, 11) is 0. The molecule has 17 heavy (non-hydrogen) atoms. The van der Waals surface area contributed by atoms with Crippen molar-refractivity contribution in [2.75, 3.05) is 0 Å². The molecule has 0 radical (unpaired) electrons. The maximum absolute atomic E-state index is 11.4. The molecule has 2 unspecified atom stereocenters. The molecule has 0 aromatic carbocycles. The molecular weight excluding hydrogens is 226 g/mol. The van der Waals surface area contributed by atoms with E-state index in [1.807, 2.05) is 0 Å². The fraction of sp³-hybridized carbons (Fsp3) is 0.500. The van der Waals surface area contributed by atoms with E-state index < -0.39 is 24.0 Å². The number of amides is 1. The summed E-state index contributed by atoms with van der Waals surface area (Å²) < 4.78 is 1.71. The Morgan fingerprint density at radius 1 is 1.53 bits per heavy atom. The van der Waals surface area contributed by atoms with E-state index in [2.05, 4.69) is 10.3 Å². The highest BCUT2D eigenvalue weighted by molar-refractivity contribution is 5.83. The molecule has 94 valence electrons. The van der Waals surface area contributed by atoms with Crippen LogP contribution in [0.15, 0.2) is 18.7 Å². The lowest BCUT2D eigenvalue weighted by molar-refractivity contribution is -0.144. The number of aromatic nitrogens is 2. The second kappa shape index (κ2) is 6.00. The van der Waals surface area contributed by atoms with Crippen LogP contribution in [-0.2, 0) is 16.1 Å². The van der Waals surface area contributed by atoms with E-state index in [1.165, 1.54) is 6.92 Å². The van der Waals surface area contributed by atoms with Crippen LogP contribution < -0.4 is 5.32 Å². The lowest BCUT2D eigenvalue weighted by Gasteiger charge is -2.16. The minimum Gasteiger partial charge on any atom is -0.480 e. The van der Waals surface area contributed by atoms with Crippen LogP contribution in [0.4, 0.5) is 0 Å². The number of nitrogens with zero attached hydrogens (tertiary/aromatic N) is 2. The zero-order chi connectivity index (χ0) is 12.8. The van der Waals surface area contributed by atoms with Crippen LogP contribution in [0, 0.1) is 0 Å². The quantitative estimate of drug-likeness (QED) is 0.606. The molecule has 0 spiro atoms. The van der Waals surface area contributed by atoms with Gasteiger partial charge in [-0.05, 0) is 6.92 Å². The Labute approximate surface area is 98.1 Å². The molecule has 2 atom stereocenters. The van der Waals surface area contributed by atoms with Gasteiger partial charge in [0.1, 0.15) is 0 Å². The monoisotopic (exact) mass is 241 g/mol. The third-order valence-electron chi connectivity index (χ3n) is 2.22. The number of imidazole rings is 1. The number of carboxylic acid groups (broad SMARTS) is 1. The van der Waals surface area contributed by atoms with Crippen LogP contribution in [-0.4, -0.2) is 43.8 Å². The summed E-state index contributed by atoms with van der Waals surface area (Å²) in [6.07, 6.45) is 3.86. The van der Waals surface area contributed by atoms with Crippen molar-refractivity contribution in [1.29, 1.82) is 0 Å². The number of rotatable bonds is 6. The molecule has 0 saturated heterocycles. The summed E-state index contributed by atoms with van der Waals surface area (Å²) in [6.45, 7) is 1.73. The average molecular weight is 241 g/mol. The van der Waals surface area contributed by atoms with Gasteiger partial charge in [0.2, 0.25) is 5.91 Å². The van der Waals surface area contributed by atoms with Crippen LogP contribution >= 0.6 is 0 Å². The van der Waals surface area contributed by atoms with Crippen molar-refractivity contribution < 1.29 is 19.8 Å². The van der Waals surface area contributed by atoms with Crippen molar-refractivity contribution in [3.8, 4) is 0 Å². The summed E-state index contributed by atoms with van der Waals surface area (Å²) in [5.41, 5.74) is 0. The Morgan fingerprint density at radius 3 is 2.71 bits per heavy atom. The molecule has 1 rings (SSSR count). The largest absolute Gasteiger partial charge is 0.480 e. The number of carbonyl (C=O) groups is 2. The zero-order valence-electron chi connectivity index (χ0n) is 9.41. The van der Waals surface area contributed by atoms with Gasteiger partial charge in [-0.3, -0.25) is 4.79 Å². The predicted molar refractivity (Wildman–Crippen MR) is 58.1 cm³/mol. The number of aryl methyl sites for hydroxylation is 1. The van der Waals surface area contributed by atoms with Gasteiger partial charge in [-0.1, -0.05) is 0 Å². The average Bonchev–Trinajstić information content (AvgIpc) is 2.74. The van der Waals surface area contributed by atoms with E-state index in [0.717, 1.165) is 0 Å². The molecule has 1 amide bonds. The molecule has 0 saturated carbocycles. The number of hydrogen-bond donors (Lipinski definition) is 3. The van der Waals surface area contributed by atoms with E-state index in [4.69, 9.17) is 5.11 Å². The Bertz CT molecular complexity index is 375. The number of hydrogen-bond acceptors (Lipinski definition) is 4. The molecule has 0 aliphatic rings. The number of aliphatic hydroxyl groups is 1. The van der Waals surface area contributed by atoms with Gasteiger partial charge < -0.3 is 20.1 Å². The van der Waals surface area contributed by atoms with Crippen molar-refractivity contribution in [1.82, 2.24) is 14.9 Å². The smallest absolute Gasteiger partial charge is 0.328 e. The Balaban J connectivity index is 2.40. The molecule has 0 aliphatic heterocycles. The fourth-order valence-corrected chi connectivity index (χ4v) is 1.28. The molecule has 3 N–H and O–H groups in total. The van der Waals surface area contributed by atoms with Gasteiger partial charge in [-0.15, -0.1) is 0 Å². The molecule has 7 heteroatoms. The van der Waals surface area contributed by atoms with Crippen LogP contribution in [0.2, 0.25) is 0 Å². The minimum atomic E-state index is -1.27. The maximum atomic E-state index is 11.4. The molecule has 1 aromatic rings. The number of aliphatic carboxylic acids is 1. The van der Waals surface area contributed by atoms with Gasteiger partial charge in [-0.2, -0.15) is 0 Å². The fourth-order valence-electron chi connectivity index (χ4n) is 1.28. The third kappa shape index (κ3) is 4.23. The second-order valence-corrected chi connectivity index (χ2v) is 3.67. The van der Waals surface area contributed by atoms with E-state index in [0.29, 0.717) is 6.54 Å². The van der Waals surface area contributed by atoms with Crippen LogP contribution in [0.25, 0.3) is 0 Å². The highest BCUT2D eigenvalue weighted by atomic mass is 16.4. The summed E-state index contributed by atoms with van der Waals surface area (Å²) in [4.78, 5) is 26.0. The molecule has 1 aromatic heterocycles. The Morgan fingerprint density at radius 2 is 2.24 bits per heavy atom. The molecule has 7 nitrogen and oxygen atoms in total. The highest BCUT2D eigenvalue weighted by Gasteiger charge is 2.24. The molecule has 0 bridgehead atoms. The molecule has 0 aliphatic carbocycles. The Hall–Kier alpha value is -1.89. The van der Waals surface area contributed by atoms with Crippen LogP contribution in [0.1, 0.15) is 13.3 Å².